The number of hydrogen-bond acceptors (Lipinski definition) is 14. The van der Waals surface area contributed by atoms with Crippen molar-refractivity contribution in [1.82, 2.24) is 0 Å². The third-order valence-corrected chi connectivity index (χ3v) is 29.5. The second-order valence-corrected chi connectivity index (χ2v) is 37.7. The number of aldehydes is 3. The van der Waals surface area contributed by atoms with Crippen molar-refractivity contribution in [2.45, 2.75) is 280 Å². The number of benzene rings is 4. The van der Waals surface area contributed by atoms with Crippen LogP contribution in [0.4, 0.5) is 0 Å². The van der Waals surface area contributed by atoms with Crippen LogP contribution in [0.5, 0.6) is 46.0 Å². The molecule has 104 heavy (non-hydrogen) atoms. The highest BCUT2D eigenvalue weighted by Crippen LogP contribution is 2.66. The summed E-state index contributed by atoms with van der Waals surface area (Å²) < 4.78 is 41.6. The molecule has 0 bridgehead atoms. The van der Waals surface area contributed by atoms with E-state index in [0.29, 0.717) is 116 Å². The molecule has 17 rings (SSSR count). The van der Waals surface area contributed by atoms with Gasteiger partial charge in [0.25, 0.3) is 0 Å². The maximum absolute atomic E-state index is 11.9. The minimum atomic E-state index is -0.394. The van der Waals surface area contributed by atoms with Crippen LogP contribution in [0.25, 0.3) is 39.0 Å². The molecule has 2 aliphatic heterocycles. The Morgan fingerprint density at radius 2 is 0.788 bits per heavy atom. The second kappa shape index (κ2) is 26.3. The van der Waals surface area contributed by atoms with Gasteiger partial charge in [-0.25, -0.2) is 0 Å². The number of fused-ring (bicyclic) bond motifs is 18. The molecular weight excluding hydrogens is 1300 g/mol. The molecule has 0 unspecified atom stereocenters. The van der Waals surface area contributed by atoms with Gasteiger partial charge in [0.2, 0.25) is 13.6 Å². The van der Waals surface area contributed by atoms with Crippen molar-refractivity contribution in [3.63, 3.8) is 0 Å². The van der Waals surface area contributed by atoms with Crippen LogP contribution >= 0.6 is 0 Å². The quantitative estimate of drug-likeness (QED) is 0.0955. The number of hydrogen-bond donors (Lipinski definition) is 4. The van der Waals surface area contributed by atoms with Crippen molar-refractivity contribution >= 4 is 57.8 Å². The fraction of sp³-hybridized carbons (Fsp3) is 0.611. The number of allylic oxidation sites excluding steroid dienone is 1. The summed E-state index contributed by atoms with van der Waals surface area (Å²) in [7, 11) is 0. The number of phenols is 4. The maximum atomic E-state index is 11.9. The molecule has 0 spiro atoms. The number of carbonyl (C=O) groups is 3. The van der Waals surface area contributed by atoms with Crippen molar-refractivity contribution in [2.24, 2.45) is 56.7 Å². The lowest BCUT2D eigenvalue weighted by atomic mass is 9.48. The number of phenolic OH excluding ortho intramolecular Hbond substituents is 4. The van der Waals surface area contributed by atoms with Gasteiger partial charge in [0, 0.05) is 62.2 Å². The molecule has 560 valence electrons. The molecule has 0 radical (unpaired) electrons. The first-order valence-corrected chi connectivity index (χ1v) is 39.5. The van der Waals surface area contributed by atoms with Gasteiger partial charge in [-0.2, -0.15) is 0 Å². The van der Waals surface area contributed by atoms with E-state index in [1.807, 2.05) is 6.07 Å². The number of aromatic hydroxyl groups is 4. The Morgan fingerprint density at radius 3 is 1.28 bits per heavy atom. The Kier molecular flexibility index (Phi) is 18.6. The Hall–Kier alpha value is -7.35. The summed E-state index contributed by atoms with van der Waals surface area (Å²) >= 11 is 0. The Bertz CT molecular complexity index is 4580. The predicted octanol–water partition coefficient (Wildman–Crippen LogP) is 23.6. The zero-order chi connectivity index (χ0) is 74.5. The Labute approximate surface area is 615 Å². The first-order chi connectivity index (χ1) is 49.1. The van der Waals surface area contributed by atoms with E-state index in [4.69, 9.17) is 32.2 Å². The summed E-state index contributed by atoms with van der Waals surface area (Å²) in [5.74, 6) is 9.18. The van der Waals surface area contributed by atoms with E-state index in [-0.39, 0.29) is 68.2 Å². The third kappa shape index (κ3) is 11.7. The highest BCUT2D eigenvalue weighted by Gasteiger charge is 2.56. The van der Waals surface area contributed by atoms with Gasteiger partial charge in [0.1, 0.15) is 56.7 Å². The number of rotatable bonds is 4. The molecule has 10 aliphatic rings. The smallest absolute Gasteiger partial charge is 0.231 e. The average Bonchev–Trinajstić information content (AvgIpc) is 1.53. The maximum Gasteiger partial charge on any atom is 0.231 e. The van der Waals surface area contributed by atoms with Crippen molar-refractivity contribution in [3.05, 3.63) is 97.7 Å². The SMILES string of the molecule is C[C@@H]1CC[C@H]2C(C)(C)CCC[C@]2(C)c2c1oc1c(C=O)c(O)c(O)cc21.C[C@@H]1CC[C@H]2C(C)(C)CCC[C@]2(C)c2c1oc1c(C=O)c3c(cc21)OCO3.C[C@@H]1CC[C@H]2C(C)(C)CCC[C@]2(C)c2c1oc1cc3c(cc21)OCO3.Cc1cc(/C=C2\[C@H](C)CC[C@H]3C(C)(C)CCC[C@]23C)c(O)c(C=O)c1O. The molecule has 4 aromatic carbocycles. The molecular formula is C90H116O14. The lowest BCUT2D eigenvalue weighted by Crippen LogP contribution is -2.47. The number of ether oxygens (including phenoxy) is 4. The van der Waals surface area contributed by atoms with Crippen LogP contribution < -0.4 is 18.9 Å². The largest absolute Gasteiger partial charge is 0.507 e. The van der Waals surface area contributed by atoms with E-state index in [1.54, 1.807) is 19.1 Å². The summed E-state index contributed by atoms with van der Waals surface area (Å²) in [6.45, 7) is 40.3. The molecule has 12 atom stereocenters. The van der Waals surface area contributed by atoms with E-state index in [1.165, 1.54) is 118 Å². The fourth-order valence-electron chi connectivity index (χ4n) is 24.3. The molecule has 8 aliphatic carbocycles. The topological polar surface area (TPSA) is 208 Å². The van der Waals surface area contributed by atoms with E-state index >= 15 is 0 Å². The van der Waals surface area contributed by atoms with Gasteiger partial charge < -0.3 is 52.6 Å². The molecule has 5 fully saturated rings. The van der Waals surface area contributed by atoms with Gasteiger partial charge in [0.05, 0.1) is 5.56 Å². The van der Waals surface area contributed by atoms with Crippen LogP contribution in [0.15, 0.2) is 49.2 Å². The number of aryl methyl sites for hydroxylation is 1. The normalized spacial score (nSPS) is 31.7. The van der Waals surface area contributed by atoms with Gasteiger partial charge in [0.15, 0.2) is 53.4 Å². The first-order valence-electron chi connectivity index (χ1n) is 39.5. The van der Waals surface area contributed by atoms with E-state index < -0.39 is 5.75 Å². The summed E-state index contributed by atoms with van der Waals surface area (Å²) in [6, 6.07) is 9.63. The summed E-state index contributed by atoms with van der Waals surface area (Å²) in [5, 5.41) is 44.0. The molecule has 14 heteroatoms. The Morgan fingerprint density at radius 1 is 0.394 bits per heavy atom. The van der Waals surface area contributed by atoms with E-state index in [2.05, 4.69) is 129 Å². The van der Waals surface area contributed by atoms with Crippen LogP contribution in [0.1, 0.15) is 333 Å². The van der Waals surface area contributed by atoms with Crippen LogP contribution in [-0.4, -0.2) is 52.9 Å². The molecule has 0 amide bonds. The minimum Gasteiger partial charge on any atom is -0.507 e. The lowest BCUT2D eigenvalue weighted by molar-refractivity contribution is -0.00535. The lowest BCUT2D eigenvalue weighted by Gasteiger charge is -2.56. The molecule has 5 saturated carbocycles. The first kappa shape index (κ1) is 73.5. The van der Waals surface area contributed by atoms with Gasteiger partial charge in [-0.15, -0.1) is 0 Å². The summed E-state index contributed by atoms with van der Waals surface area (Å²) in [5.41, 5.74) is 10.7. The number of furan rings is 3. The highest BCUT2D eigenvalue weighted by atomic mass is 16.7. The molecule has 5 heterocycles. The third-order valence-electron chi connectivity index (χ3n) is 29.5. The van der Waals surface area contributed by atoms with Crippen molar-refractivity contribution in [3.8, 4) is 46.0 Å². The van der Waals surface area contributed by atoms with Crippen molar-refractivity contribution < 1.29 is 67.0 Å². The fourth-order valence-corrected chi connectivity index (χ4v) is 24.3. The average molecular weight is 1420 g/mol. The van der Waals surface area contributed by atoms with Crippen LogP contribution in [0.3, 0.4) is 0 Å². The standard InChI is InChI=1S/C23H28O4.C23H32O3.C22H28O4.C22H28O3/c1-13-6-7-17-22(2,3)8-5-9-23(17,4)18-14-10-16-21(26-12-25-16)15(11-24)20(14)27-19(13)18;1-14-7-8-19-22(3,4)9-6-10-23(19,5)18(14)12-16-11-15(2)20(25)17(13-24)21(16)26;1-12-6-7-16-21(2,3)8-5-9-22(16,4)17-13-10-15(24)18(25)14(11-23)20(13)26-19(12)17;1-13-6-7-18-21(2,3)8-5-9-22(18,4)19-14-10-16-17(24-12-23-16)11-15(14)25-20(13)19/h10-11,13,17H,5-9,12H2,1-4H3;11-14,19,25-26H,6-10H2,1-5H3;10-12,16,24-25H,5-9H2,1-4H3;10-11,13,18H,5-9,12H2,1-4H3/b;18-12+;;/t13-,17+,23+;14-,19+,23-;12-,16+,22+;13-,18+,22+/m1111/s1. The summed E-state index contributed by atoms with van der Waals surface area (Å²) in [4.78, 5) is 34.8. The van der Waals surface area contributed by atoms with E-state index in [9.17, 15) is 34.8 Å². The number of carbonyl (C=O) groups excluding carboxylic acids is 3. The molecule has 7 aromatic rings. The van der Waals surface area contributed by atoms with Gasteiger partial charge >= 0.3 is 0 Å². The molecule has 4 N–H and O–H groups in total. The monoisotopic (exact) mass is 1420 g/mol. The van der Waals surface area contributed by atoms with Gasteiger partial charge in [-0.05, 0) is 212 Å². The molecule has 14 nitrogen and oxygen atoms in total. The van der Waals surface area contributed by atoms with Crippen molar-refractivity contribution in [2.75, 3.05) is 13.6 Å². The predicted molar refractivity (Wildman–Crippen MR) is 409 cm³/mol. The summed E-state index contributed by atoms with van der Waals surface area (Å²) in [6.07, 6.45) is 28.2. The van der Waals surface area contributed by atoms with Crippen molar-refractivity contribution in [1.29, 1.82) is 0 Å². The second-order valence-electron chi connectivity index (χ2n) is 37.7. The zero-order valence-corrected chi connectivity index (χ0v) is 65.2. The molecule has 3 aromatic heterocycles. The van der Waals surface area contributed by atoms with Crippen LogP contribution in [-0.2, 0) is 16.2 Å². The van der Waals surface area contributed by atoms with Crippen LogP contribution in [0.2, 0.25) is 0 Å². The highest BCUT2D eigenvalue weighted by molar-refractivity contribution is 6.03. The van der Waals surface area contributed by atoms with Gasteiger partial charge in [-0.3, -0.25) is 14.4 Å². The minimum absolute atomic E-state index is 0.00834. The molecule has 0 saturated heterocycles. The Balaban J connectivity index is 0.000000117. The van der Waals surface area contributed by atoms with E-state index in [0.717, 1.165) is 89.7 Å². The van der Waals surface area contributed by atoms with Crippen LogP contribution in [0, 0.1) is 63.6 Å². The zero-order valence-electron chi connectivity index (χ0n) is 65.2. The van der Waals surface area contributed by atoms with Gasteiger partial charge in [-0.1, -0.05) is 148 Å².